The summed E-state index contributed by atoms with van der Waals surface area (Å²) in [6.45, 7) is 66.7. The predicted molar refractivity (Wildman–Crippen MR) is 510 cm³/mol. The molecule has 0 radical (unpaired) electrons. The monoisotopic (exact) mass is 1540 g/mol. The third-order valence-corrected chi connectivity index (χ3v) is 18.8. The quantitative estimate of drug-likeness (QED) is 0.0733. The van der Waals surface area contributed by atoms with Crippen molar-refractivity contribution in [2.45, 2.75) is 294 Å². The van der Waals surface area contributed by atoms with Crippen LogP contribution in [0.25, 0.3) is 0 Å². The number of rotatable bonds is 22. The predicted octanol–water partition coefficient (Wildman–Crippen LogP) is 32.8. The zero-order valence-electron chi connectivity index (χ0n) is 78.0. The molecule has 0 aliphatic carbocycles. The number of benzene rings is 10. The molecule has 0 heterocycles. The van der Waals surface area contributed by atoms with Crippen LogP contribution in [0.1, 0.15) is 307 Å². The SMILES string of the molecule is CC(C)CCOc1ccccc1.CC(C)CCc1ccccc1.CC(C)Cc1ccc(C(C)(C)C)cc1.CC(C)Cc1ccc(C(C)(C)O)cc1.CC(C)Cc1ccc(C(C)C)cc1.CC(C)Cc1ccccc1.CC(C)c1ccccc1.Cc1ccc(C(C)C)cc1.Cc1ccc(C(C)C)cc1.Cc1ccc(CC(C)C)cc1. The van der Waals surface area contributed by atoms with Crippen LogP contribution in [0.2, 0.25) is 0 Å². The summed E-state index contributed by atoms with van der Waals surface area (Å²) in [7, 11) is 0. The van der Waals surface area contributed by atoms with Crippen molar-refractivity contribution in [3.8, 4) is 5.75 Å². The van der Waals surface area contributed by atoms with Crippen molar-refractivity contribution in [1.82, 2.24) is 0 Å². The zero-order valence-corrected chi connectivity index (χ0v) is 78.0. The van der Waals surface area contributed by atoms with Crippen LogP contribution in [0.3, 0.4) is 0 Å². The zero-order chi connectivity index (χ0) is 85.8. The highest BCUT2D eigenvalue weighted by Crippen LogP contribution is 2.25. The maximum absolute atomic E-state index is 9.76. The Morgan fingerprint density at radius 2 is 0.482 bits per heavy atom. The Morgan fingerprint density at radius 3 is 0.754 bits per heavy atom. The van der Waals surface area contributed by atoms with Crippen molar-refractivity contribution >= 4 is 0 Å². The first-order chi connectivity index (χ1) is 53.6. The van der Waals surface area contributed by atoms with Gasteiger partial charge < -0.3 is 9.84 Å². The lowest BCUT2D eigenvalue weighted by Crippen LogP contribution is -2.15. The second-order valence-electron chi connectivity index (χ2n) is 37.0. The van der Waals surface area contributed by atoms with Gasteiger partial charge >= 0.3 is 0 Å². The van der Waals surface area contributed by atoms with Crippen LogP contribution in [0.15, 0.2) is 267 Å². The lowest BCUT2D eigenvalue weighted by molar-refractivity contribution is 0.0786. The number of hydrogen-bond donors (Lipinski definition) is 1. The van der Waals surface area contributed by atoms with Crippen molar-refractivity contribution < 1.29 is 9.84 Å². The highest BCUT2D eigenvalue weighted by molar-refractivity contribution is 5.31. The summed E-state index contributed by atoms with van der Waals surface area (Å²) >= 11 is 0. The maximum atomic E-state index is 9.76. The number of para-hydroxylation sites is 1. The summed E-state index contributed by atoms with van der Waals surface area (Å²) in [6.07, 6.45) is 9.51. The highest BCUT2D eigenvalue weighted by Gasteiger charge is 2.16. The van der Waals surface area contributed by atoms with Crippen LogP contribution in [-0.4, -0.2) is 11.7 Å². The van der Waals surface area contributed by atoms with Gasteiger partial charge in [0.2, 0.25) is 0 Å². The van der Waals surface area contributed by atoms with Crippen LogP contribution in [-0.2, 0) is 49.5 Å². The Morgan fingerprint density at radius 1 is 0.246 bits per heavy atom. The topological polar surface area (TPSA) is 29.5 Å². The van der Waals surface area contributed by atoms with Gasteiger partial charge in [-0.15, -0.1) is 0 Å². The first-order valence-electron chi connectivity index (χ1n) is 43.6. The van der Waals surface area contributed by atoms with Crippen molar-refractivity contribution in [3.05, 3.63) is 350 Å². The van der Waals surface area contributed by atoms with Gasteiger partial charge in [-0.3, -0.25) is 0 Å². The van der Waals surface area contributed by atoms with E-state index >= 15 is 0 Å². The molecule has 0 saturated carbocycles. The van der Waals surface area contributed by atoms with E-state index in [0.29, 0.717) is 35.5 Å². The minimum absolute atomic E-state index is 0.274. The second-order valence-corrected chi connectivity index (χ2v) is 37.0. The number of aliphatic hydroxyl groups is 1. The normalized spacial score (nSPS) is 10.9. The fourth-order valence-electron chi connectivity index (χ4n) is 11.7. The molecule has 10 rings (SSSR count). The van der Waals surface area contributed by atoms with Crippen molar-refractivity contribution in [1.29, 1.82) is 0 Å². The molecule has 0 saturated heterocycles. The molecule has 0 fully saturated rings. The summed E-state index contributed by atoms with van der Waals surface area (Å²) < 4.78 is 5.52. The first kappa shape index (κ1) is 104. The minimum Gasteiger partial charge on any atom is -0.494 e. The Hall–Kier alpha value is -8.04. The summed E-state index contributed by atoms with van der Waals surface area (Å²) in [5.74, 6) is 8.83. The highest BCUT2D eigenvalue weighted by atomic mass is 16.5. The molecule has 2 nitrogen and oxygen atoms in total. The Bertz CT molecular complexity index is 3730. The standard InChI is InChI=1S/C14H22.C13H20O.C13H20.C11H16O.2C11H16.3C10H14.C9H12/c1-11(2)10-12-6-8-13(9-7-12)14(3,4)5;1-10(2)9-11-5-7-12(8-6-11)13(3,4)14;1-10(2)9-12-5-7-13(8-6-12)11(3)4;1-10(2)8-9-12-11-6-4-3-5-7-11;1-9(2)8-11-6-4-10(3)5-7-11;1-10(2)8-9-11-6-4-3-5-7-11;2*1-8(2)10-6-4-9(3)5-7-10;1-9(2)8-10-6-4-3-5-7-10;1-8(2)9-6-4-3-5-7-9/h6-9,11H,10H2,1-5H3;5-8,10,14H,9H2,1-4H3;5-8,10-11H,9H2,1-4H3;3-7,10H,8-9H2,1-2H3;4-7,9H,8H2,1-3H3;3-7,10H,8-9H2,1-2H3;2*4-8H,1-3H3;3-7,9H,8H2,1-2H3;3-8H,1-2H3. The van der Waals surface area contributed by atoms with E-state index in [1.807, 2.05) is 62.4 Å². The molecule has 0 aliphatic heterocycles. The van der Waals surface area contributed by atoms with Crippen molar-refractivity contribution in [2.24, 2.45) is 41.4 Å². The van der Waals surface area contributed by atoms with E-state index in [4.69, 9.17) is 4.74 Å². The smallest absolute Gasteiger partial charge is 0.119 e. The number of hydrogen-bond acceptors (Lipinski definition) is 2. The van der Waals surface area contributed by atoms with Crippen molar-refractivity contribution in [3.63, 3.8) is 0 Å². The third kappa shape index (κ3) is 53.9. The molecule has 1 N–H and O–H groups in total. The summed E-state index contributed by atoms with van der Waals surface area (Å²) in [5.41, 5.74) is 20.3. The molecule has 0 aromatic heterocycles. The lowest BCUT2D eigenvalue weighted by Gasteiger charge is -2.19. The average Bonchev–Trinajstić information content (AvgIpc) is 0.855. The fraction of sp³-hybridized carbons (Fsp3) is 0.464. The molecule has 2 heteroatoms. The number of aryl methyl sites for hydroxylation is 4. The molecule has 0 amide bonds. The summed E-state index contributed by atoms with van der Waals surface area (Å²) in [4.78, 5) is 0. The number of ether oxygens (including phenoxy) is 1. The van der Waals surface area contributed by atoms with E-state index < -0.39 is 5.60 Å². The van der Waals surface area contributed by atoms with E-state index in [2.05, 4.69) is 412 Å². The Balaban J connectivity index is 0.000000635. The Labute approximate surface area is 703 Å². The van der Waals surface area contributed by atoms with Gasteiger partial charge in [0.25, 0.3) is 0 Å². The first-order valence-corrected chi connectivity index (χ1v) is 43.6. The molecule has 0 spiro atoms. The molecule has 624 valence electrons. The van der Waals surface area contributed by atoms with E-state index in [0.717, 1.165) is 60.4 Å². The molecule has 0 unspecified atom stereocenters. The van der Waals surface area contributed by atoms with Gasteiger partial charge in [0.15, 0.2) is 0 Å². The van der Waals surface area contributed by atoms with E-state index in [1.165, 1.54) is 116 Å². The van der Waals surface area contributed by atoms with Crippen LogP contribution in [0.4, 0.5) is 0 Å². The Kier molecular flexibility index (Phi) is 53.6. The average molecular weight is 1540 g/mol. The molecular weight excluding hydrogens is 1380 g/mol. The largest absolute Gasteiger partial charge is 0.494 e. The molecule has 0 bridgehead atoms. The van der Waals surface area contributed by atoms with Gasteiger partial charge in [-0.1, -0.05) is 445 Å². The van der Waals surface area contributed by atoms with Gasteiger partial charge in [-0.2, -0.15) is 0 Å². The second kappa shape index (κ2) is 58.7. The van der Waals surface area contributed by atoms with Gasteiger partial charge in [-0.05, 0) is 235 Å². The molecule has 114 heavy (non-hydrogen) atoms. The van der Waals surface area contributed by atoms with Crippen LogP contribution in [0.5, 0.6) is 5.75 Å². The van der Waals surface area contributed by atoms with Gasteiger partial charge in [-0.25, -0.2) is 0 Å². The third-order valence-electron chi connectivity index (χ3n) is 18.8. The summed E-state index contributed by atoms with van der Waals surface area (Å²) in [6, 6.07) is 94.3. The molecule has 0 atom stereocenters. The van der Waals surface area contributed by atoms with Crippen LogP contribution in [0, 0.1) is 62.2 Å². The van der Waals surface area contributed by atoms with Gasteiger partial charge in [0.05, 0.1) is 12.2 Å². The van der Waals surface area contributed by atoms with E-state index in [1.54, 1.807) is 0 Å². The van der Waals surface area contributed by atoms with Crippen LogP contribution >= 0.6 is 0 Å². The lowest BCUT2D eigenvalue weighted by atomic mass is 9.86. The molecule has 0 aliphatic rings. The van der Waals surface area contributed by atoms with E-state index in [-0.39, 0.29) is 5.41 Å². The van der Waals surface area contributed by atoms with Crippen LogP contribution < -0.4 is 4.74 Å². The molecule has 10 aromatic rings. The van der Waals surface area contributed by atoms with Crippen molar-refractivity contribution in [2.75, 3.05) is 6.61 Å². The molecular formula is C112H164O2. The molecule has 10 aromatic carbocycles. The van der Waals surface area contributed by atoms with Gasteiger partial charge in [0, 0.05) is 0 Å². The maximum Gasteiger partial charge on any atom is 0.119 e. The van der Waals surface area contributed by atoms with E-state index in [9.17, 15) is 5.11 Å². The van der Waals surface area contributed by atoms with Gasteiger partial charge in [0.1, 0.15) is 5.75 Å². The minimum atomic E-state index is -0.726. The fourth-order valence-corrected chi connectivity index (χ4v) is 11.7. The summed E-state index contributed by atoms with van der Waals surface area (Å²) in [5, 5.41) is 9.76.